The van der Waals surface area contributed by atoms with E-state index in [1.165, 1.54) is 6.20 Å². The van der Waals surface area contributed by atoms with Crippen molar-refractivity contribution in [2.75, 3.05) is 0 Å². The molecule has 2 N–H and O–H groups in total. The number of nitriles is 1. The van der Waals surface area contributed by atoms with Crippen molar-refractivity contribution in [3.8, 4) is 11.9 Å². The Bertz CT molecular complexity index is 632. The van der Waals surface area contributed by atoms with Crippen LogP contribution in [0.5, 0.6) is 5.88 Å². The molecule has 0 atom stereocenters. The summed E-state index contributed by atoms with van der Waals surface area (Å²) >= 11 is 0. The minimum atomic E-state index is 0.337. The molecule has 0 saturated heterocycles. The summed E-state index contributed by atoms with van der Waals surface area (Å²) in [6, 6.07) is 12.7. The molecule has 1 aromatic heterocycles. The summed E-state index contributed by atoms with van der Waals surface area (Å²) in [5.41, 5.74) is 3.90. The van der Waals surface area contributed by atoms with Crippen molar-refractivity contribution in [2.24, 2.45) is 4.99 Å². The van der Waals surface area contributed by atoms with E-state index in [0.717, 1.165) is 11.9 Å². The maximum Gasteiger partial charge on any atom is 0.213 e. The van der Waals surface area contributed by atoms with Crippen LogP contribution in [0.4, 0.5) is 5.69 Å². The molecule has 20 heavy (non-hydrogen) atoms. The average Bonchev–Trinajstić information content (AvgIpc) is 2.52. The molecule has 0 fully saturated rings. The molecule has 0 saturated carbocycles. The van der Waals surface area contributed by atoms with Crippen LogP contribution in [0.1, 0.15) is 11.1 Å². The summed E-state index contributed by atoms with van der Waals surface area (Å²) in [7, 11) is 0. The molecular formula is C14H12N4O2. The van der Waals surface area contributed by atoms with E-state index in [9.17, 15) is 0 Å². The number of hydroxylamine groups is 1. The van der Waals surface area contributed by atoms with Crippen LogP contribution in [0.3, 0.4) is 0 Å². The highest BCUT2D eigenvalue weighted by Gasteiger charge is 1.99. The highest BCUT2D eigenvalue weighted by molar-refractivity contribution is 5.59. The van der Waals surface area contributed by atoms with Gasteiger partial charge in [0.25, 0.3) is 0 Å². The van der Waals surface area contributed by atoms with Crippen molar-refractivity contribution >= 4 is 12.0 Å². The molecule has 0 aliphatic heterocycles. The van der Waals surface area contributed by atoms with Gasteiger partial charge in [0.05, 0.1) is 23.5 Å². The zero-order chi connectivity index (χ0) is 14.2. The highest BCUT2D eigenvalue weighted by Crippen LogP contribution is 2.15. The number of ether oxygens (including phenoxy) is 1. The summed E-state index contributed by atoms with van der Waals surface area (Å²) < 4.78 is 5.51. The van der Waals surface area contributed by atoms with E-state index >= 15 is 0 Å². The maximum atomic E-state index is 8.81. The third-order valence-corrected chi connectivity index (χ3v) is 2.43. The molecule has 0 aliphatic carbocycles. The van der Waals surface area contributed by atoms with Crippen LogP contribution < -0.4 is 10.2 Å². The number of pyridine rings is 1. The Balaban J connectivity index is 1.97. The van der Waals surface area contributed by atoms with Gasteiger partial charge in [-0.3, -0.25) is 10.7 Å². The first kappa shape index (κ1) is 13.5. The molecule has 0 bridgehead atoms. The monoisotopic (exact) mass is 268 g/mol. The average molecular weight is 268 g/mol. The Hall–Kier alpha value is -2.91. The van der Waals surface area contributed by atoms with E-state index in [2.05, 4.69) is 16.0 Å². The number of nitrogens with zero attached hydrogens (tertiary/aromatic N) is 3. The van der Waals surface area contributed by atoms with Gasteiger partial charge in [0.1, 0.15) is 12.9 Å². The van der Waals surface area contributed by atoms with Crippen molar-refractivity contribution < 1.29 is 9.94 Å². The van der Waals surface area contributed by atoms with Gasteiger partial charge in [0.15, 0.2) is 0 Å². The quantitative estimate of drug-likeness (QED) is 0.492. The van der Waals surface area contributed by atoms with E-state index in [-0.39, 0.29) is 0 Å². The number of benzene rings is 1. The number of aromatic nitrogens is 1. The van der Waals surface area contributed by atoms with E-state index < -0.39 is 0 Å². The number of hydrogen-bond donors (Lipinski definition) is 2. The van der Waals surface area contributed by atoms with Gasteiger partial charge in [-0.2, -0.15) is 5.26 Å². The third kappa shape index (κ3) is 3.80. The summed E-state index contributed by atoms with van der Waals surface area (Å²) in [5.74, 6) is 0.461. The molecular weight excluding hydrogens is 256 g/mol. The number of aliphatic imine (C=N–C) groups is 1. The molecule has 2 rings (SSSR count). The van der Waals surface area contributed by atoms with Crippen molar-refractivity contribution in [3.05, 3.63) is 53.7 Å². The topological polar surface area (TPSA) is 90.5 Å². The Labute approximate surface area is 116 Å². The lowest BCUT2D eigenvalue weighted by molar-refractivity contribution is 0.240. The van der Waals surface area contributed by atoms with Crippen LogP contribution in [0.25, 0.3) is 0 Å². The van der Waals surface area contributed by atoms with Gasteiger partial charge in [0, 0.05) is 6.07 Å². The second-order valence-corrected chi connectivity index (χ2v) is 3.84. The van der Waals surface area contributed by atoms with Crippen molar-refractivity contribution in [1.82, 2.24) is 10.5 Å². The van der Waals surface area contributed by atoms with Gasteiger partial charge in [0.2, 0.25) is 5.88 Å². The number of hydrogen-bond acceptors (Lipinski definition) is 5. The second-order valence-electron chi connectivity index (χ2n) is 3.84. The fraction of sp³-hybridized carbons (Fsp3) is 0.0714. The van der Waals surface area contributed by atoms with E-state index in [4.69, 9.17) is 15.2 Å². The normalized spacial score (nSPS) is 10.2. The molecule has 100 valence electrons. The second kappa shape index (κ2) is 6.87. The molecule has 6 nitrogen and oxygen atoms in total. The zero-order valence-electron chi connectivity index (χ0n) is 10.5. The van der Waals surface area contributed by atoms with E-state index in [1.54, 1.807) is 24.3 Å². The van der Waals surface area contributed by atoms with Gasteiger partial charge in [-0.1, -0.05) is 12.1 Å². The van der Waals surface area contributed by atoms with Gasteiger partial charge in [-0.15, -0.1) is 0 Å². The van der Waals surface area contributed by atoms with E-state index in [1.807, 2.05) is 17.6 Å². The van der Waals surface area contributed by atoms with Crippen LogP contribution >= 0.6 is 0 Å². The Morgan fingerprint density at radius 2 is 2.30 bits per heavy atom. The molecule has 1 heterocycles. The van der Waals surface area contributed by atoms with Gasteiger partial charge >= 0.3 is 0 Å². The molecule has 6 heteroatoms. The fourth-order valence-corrected chi connectivity index (χ4v) is 1.53. The predicted octanol–water partition coefficient (Wildman–Crippen LogP) is 2.17. The van der Waals surface area contributed by atoms with Gasteiger partial charge in [-0.25, -0.2) is 9.98 Å². The third-order valence-electron chi connectivity index (χ3n) is 2.43. The maximum absolute atomic E-state index is 8.81. The van der Waals surface area contributed by atoms with Gasteiger partial charge in [-0.05, 0) is 23.8 Å². The molecule has 0 unspecified atom stereocenters. The molecule has 0 radical (unpaired) electrons. The molecule has 1 aromatic carbocycles. The smallest absolute Gasteiger partial charge is 0.213 e. The Kier molecular flexibility index (Phi) is 4.65. The van der Waals surface area contributed by atoms with Crippen LogP contribution in [-0.4, -0.2) is 16.5 Å². The Morgan fingerprint density at radius 3 is 3.00 bits per heavy atom. The van der Waals surface area contributed by atoms with Crippen LogP contribution in [0, 0.1) is 11.3 Å². The molecule has 0 spiro atoms. The minimum absolute atomic E-state index is 0.337. The summed E-state index contributed by atoms with van der Waals surface area (Å²) in [6.07, 6.45) is 2.67. The first-order valence-electron chi connectivity index (χ1n) is 5.82. The van der Waals surface area contributed by atoms with Crippen molar-refractivity contribution in [2.45, 2.75) is 6.61 Å². The van der Waals surface area contributed by atoms with Crippen LogP contribution in [-0.2, 0) is 6.61 Å². The van der Waals surface area contributed by atoms with Crippen LogP contribution in [0.2, 0.25) is 0 Å². The van der Waals surface area contributed by atoms with E-state index in [0.29, 0.717) is 23.7 Å². The summed E-state index contributed by atoms with van der Waals surface area (Å²) in [5, 5.41) is 17.2. The Morgan fingerprint density at radius 1 is 1.40 bits per heavy atom. The number of rotatable bonds is 5. The summed E-state index contributed by atoms with van der Waals surface area (Å²) in [4.78, 5) is 7.95. The predicted molar refractivity (Wildman–Crippen MR) is 72.8 cm³/mol. The van der Waals surface area contributed by atoms with Crippen molar-refractivity contribution in [3.63, 3.8) is 0 Å². The lowest BCUT2D eigenvalue weighted by atomic mass is 10.1. The van der Waals surface area contributed by atoms with Crippen molar-refractivity contribution in [1.29, 1.82) is 5.26 Å². The SMILES string of the molecule is N#Cc1cccc(COc2ccc(N=CNO)cn2)c1. The largest absolute Gasteiger partial charge is 0.473 e. The standard InChI is InChI=1S/C14H12N4O2/c15-7-11-2-1-3-12(6-11)9-20-14-5-4-13(8-16-14)17-10-18-19/h1-6,8,10,19H,9H2,(H,17,18). The zero-order valence-corrected chi connectivity index (χ0v) is 10.5. The first-order valence-corrected chi connectivity index (χ1v) is 5.82. The summed E-state index contributed by atoms with van der Waals surface area (Å²) in [6.45, 7) is 0.337. The fourth-order valence-electron chi connectivity index (χ4n) is 1.53. The lowest BCUT2D eigenvalue weighted by Crippen LogP contribution is -2.01. The molecule has 0 amide bonds. The van der Waals surface area contributed by atoms with Crippen LogP contribution in [0.15, 0.2) is 47.6 Å². The highest BCUT2D eigenvalue weighted by atomic mass is 16.5. The molecule has 0 aliphatic rings. The van der Waals surface area contributed by atoms with Gasteiger partial charge < -0.3 is 4.74 Å². The number of nitrogens with one attached hydrogen (secondary N) is 1. The minimum Gasteiger partial charge on any atom is -0.473 e. The lowest BCUT2D eigenvalue weighted by Gasteiger charge is -2.05. The first-order chi connectivity index (χ1) is 9.81. The molecule has 2 aromatic rings.